The van der Waals surface area contributed by atoms with Gasteiger partial charge in [-0.05, 0) is 42.0 Å². The molecule has 0 spiro atoms. The average molecular weight is 367 g/mol. The Morgan fingerprint density at radius 3 is 2.41 bits per heavy atom. The lowest BCUT2D eigenvalue weighted by Gasteiger charge is -2.25. The molecule has 1 amide bonds. The molecule has 4 rings (SSSR count). The molecule has 27 heavy (non-hydrogen) atoms. The van der Waals surface area contributed by atoms with Crippen LogP contribution in [0.4, 0.5) is 4.39 Å². The van der Waals surface area contributed by atoms with Gasteiger partial charge in [-0.15, -0.1) is 0 Å². The predicted molar refractivity (Wildman–Crippen MR) is 91.1 cm³/mol. The van der Waals surface area contributed by atoms with Crippen LogP contribution in [0.15, 0.2) is 81.2 Å². The van der Waals surface area contributed by atoms with E-state index >= 15 is 0 Å². The van der Waals surface area contributed by atoms with Crippen LogP contribution in [-0.2, 0) is 11.3 Å². The molecule has 1 aromatic carbocycles. The van der Waals surface area contributed by atoms with Crippen LogP contribution in [0, 0.1) is 5.82 Å². The molecule has 6 nitrogen and oxygen atoms in total. The Morgan fingerprint density at radius 1 is 1.07 bits per heavy atom. The van der Waals surface area contributed by atoms with Crippen LogP contribution in [-0.4, -0.2) is 21.7 Å². The Kier molecular flexibility index (Phi) is 4.12. The van der Waals surface area contributed by atoms with Crippen molar-refractivity contribution in [3.8, 4) is 0 Å². The quantitative estimate of drug-likeness (QED) is 0.694. The topological polar surface area (TPSA) is 83.9 Å². The van der Waals surface area contributed by atoms with Crippen LogP contribution >= 0.6 is 0 Å². The second kappa shape index (κ2) is 6.60. The van der Waals surface area contributed by atoms with Gasteiger partial charge in [0, 0.05) is 0 Å². The van der Waals surface area contributed by atoms with Gasteiger partial charge >= 0.3 is 0 Å². The van der Waals surface area contributed by atoms with E-state index in [1.807, 2.05) is 0 Å². The number of halogens is 1. The summed E-state index contributed by atoms with van der Waals surface area (Å²) in [6.45, 7) is 0.0346. The standard InChI is InChI=1S/C20H14FNO5/c21-13-7-5-12(6-8-13)17-16(18(23)15-4-2-10-27-15)19(24)20(25)22(17)11-14-3-1-9-26-14/h1-10,17,24H,11H2. The van der Waals surface area contributed by atoms with E-state index in [1.54, 1.807) is 12.1 Å². The fraction of sp³-hybridized carbons (Fsp3) is 0.100. The van der Waals surface area contributed by atoms with E-state index in [4.69, 9.17) is 8.83 Å². The molecule has 0 saturated heterocycles. The molecule has 1 unspecified atom stereocenters. The van der Waals surface area contributed by atoms with Crippen molar-refractivity contribution >= 4 is 11.7 Å². The molecule has 3 heterocycles. The van der Waals surface area contributed by atoms with E-state index in [9.17, 15) is 19.1 Å². The molecule has 0 radical (unpaired) electrons. The van der Waals surface area contributed by atoms with Gasteiger partial charge in [0.2, 0.25) is 5.78 Å². The van der Waals surface area contributed by atoms with Gasteiger partial charge in [0.05, 0.1) is 30.7 Å². The summed E-state index contributed by atoms with van der Waals surface area (Å²) >= 11 is 0. The minimum Gasteiger partial charge on any atom is -0.503 e. The van der Waals surface area contributed by atoms with Gasteiger partial charge in [0.15, 0.2) is 11.5 Å². The van der Waals surface area contributed by atoms with Crippen LogP contribution in [0.5, 0.6) is 0 Å². The second-order valence-electron chi connectivity index (χ2n) is 6.04. The molecule has 1 aliphatic heterocycles. The highest BCUT2D eigenvalue weighted by atomic mass is 19.1. The molecule has 1 aliphatic rings. The molecule has 136 valence electrons. The third kappa shape index (κ3) is 2.93. The maximum absolute atomic E-state index is 13.4. The molecule has 0 aliphatic carbocycles. The summed E-state index contributed by atoms with van der Waals surface area (Å²) in [4.78, 5) is 26.9. The normalized spacial score (nSPS) is 17.0. The fourth-order valence-electron chi connectivity index (χ4n) is 3.15. The van der Waals surface area contributed by atoms with Crippen LogP contribution in [0.2, 0.25) is 0 Å². The van der Waals surface area contributed by atoms with E-state index in [1.165, 1.54) is 53.8 Å². The SMILES string of the molecule is O=C(C1=C(O)C(=O)N(Cc2ccco2)C1c1ccc(F)cc1)c1ccco1. The van der Waals surface area contributed by atoms with Crippen molar-refractivity contribution in [1.29, 1.82) is 0 Å². The summed E-state index contributed by atoms with van der Waals surface area (Å²) in [7, 11) is 0. The van der Waals surface area contributed by atoms with E-state index in [-0.39, 0.29) is 17.9 Å². The minimum atomic E-state index is -0.902. The van der Waals surface area contributed by atoms with E-state index < -0.39 is 29.3 Å². The number of carbonyl (C=O) groups is 2. The summed E-state index contributed by atoms with van der Waals surface area (Å²) in [5, 5.41) is 10.4. The van der Waals surface area contributed by atoms with Crippen molar-refractivity contribution in [2.75, 3.05) is 0 Å². The second-order valence-corrected chi connectivity index (χ2v) is 6.04. The molecule has 0 saturated carbocycles. The molecule has 3 aromatic rings. The number of rotatable bonds is 5. The molecule has 1 atom stereocenters. The van der Waals surface area contributed by atoms with Gasteiger partial charge in [0.1, 0.15) is 11.6 Å². The Balaban J connectivity index is 1.80. The maximum Gasteiger partial charge on any atom is 0.290 e. The van der Waals surface area contributed by atoms with Crippen LogP contribution < -0.4 is 0 Å². The zero-order valence-corrected chi connectivity index (χ0v) is 14.0. The van der Waals surface area contributed by atoms with Crippen molar-refractivity contribution in [3.63, 3.8) is 0 Å². The largest absolute Gasteiger partial charge is 0.503 e. The van der Waals surface area contributed by atoms with Crippen molar-refractivity contribution in [2.24, 2.45) is 0 Å². The third-order valence-electron chi connectivity index (χ3n) is 4.39. The Hall–Kier alpha value is -3.61. The van der Waals surface area contributed by atoms with Gasteiger partial charge in [0.25, 0.3) is 5.91 Å². The number of hydrogen-bond donors (Lipinski definition) is 1. The van der Waals surface area contributed by atoms with Crippen LogP contribution in [0.3, 0.4) is 0 Å². The number of nitrogens with zero attached hydrogens (tertiary/aromatic N) is 1. The van der Waals surface area contributed by atoms with Crippen molar-refractivity contribution in [2.45, 2.75) is 12.6 Å². The number of aliphatic hydroxyl groups is 1. The summed E-state index contributed by atoms with van der Waals surface area (Å²) < 4.78 is 23.8. The molecule has 2 aromatic heterocycles. The fourth-order valence-corrected chi connectivity index (χ4v) is 3.15. The first-order valence-electron chi connectivity index (χ1n) is 8.16. The van der Waals surface area contributed by atoms with Crippen LogP contribution in [0.1, 0.15) is 27.9 Å². The van der Waals surface area contributed by atoms with Gasteiger partial charge in [-0.25, -0.2) is 4.39 Å². The van der Waals surface area contributed by atoms with Crippen LogP contribution in [0.25, 0.3) is 0 Å². The Morgan fingerprint density at radius 2 is 1.78 bits per heavy atom. The molecular weight excluding hydrogens is 353 g/mol. The smallest absolute Gasteiger partial charge is 0.290 e. The van der Waals surface area contributed by atoms with Gasteiger partial charge in [-0.3, -0.25) is 9.59 Å². The van der Waals surface area contributed by atoms with E-state index in [2.05, 4.69) is 0 Å². The first-order valence-corrected chi connectivity index (χ1v) is 8.16. The molecule has 7 heteroatoms. The number of aliphatic hydroxyl groups excluding tert-OH is 1. The van der Waals surface area contributed by atoms with Gasteiger partial charge in [-0.1, -0.05) is 12.1 Å². The highest BCUT2D eigenvalue weighted by molar-refractivity contribution is 6.14. The zero-order valence-electron chi connectivity index (χ0n) is 14.0. The summed E-state index contributed by atoms with van der Waals surface area (Å²) in [6.07, 6.45) is 2.79. The van der Waals surface area contributed by atoms with E-state index in [0.717, 1.165) is 0 Å². The molecule has 0 bridgehead atoms. The molecular formula is C20H14FNO5. The number of Topliss-reactive ketones (excluding diaryl/α,β-unsaturated/α-hetero) is 1. The lowest BCUT2D eigenvalue weighted by molar-refractivity contribution is -0.130. The number of hydrogen-bond acceptors (Lipinski definition) is 5. The first kappa shape index (κ1) is 16.8. The first-order chi connectivity index (χ1) is 13.1. The average Bonchev–Trinajstić information content (AvgIpc) is 3.41. The molecule has 0 fully saturated rings. The summed E-state index contributed by atoms with van der Waals surface area (Å²) in [5.74, 6) is -1.95. The Bertz CT molecular complexity index is 1000. The van der Waals surface area contributed by atoms with Gasteiger partial charge in [-0.2, -0.15) is 0 Å². The van der Waals surface area contributed by atoms with Crippen molar-refractivity contribution in [3.05, 3.63) is 95.3 Å². The zero-order chi connectivity index (χ0) is 19.0. The highest BCUT2D eigenvalue weighted by Crippen LogP contribution is 2.40. The van der Waals surface area contributed by atoms with Crippen molar-refractivity contribution in [1.82, 2.24) is 4.90 Å². The van der Waals surface area contributed by atoms with Gasteiger partial charge < -0.3 is 18.8 Å². The summed E-state index contributed by atoms with van der Waals surface area (Å²) in [5.41, 5.74) is 0.364. The number of ketones is 1. The monoisotopic (exact) mass is 367 g/mol. The predicted octanol–water partition coefficient (Wildman–Crippen LogP) is 3.79. The lowest BCUT2D eigenvalue weighted by atomic mass is 9.95. The number of carbonyl (C=O) groups excluding carboxylic acids is 2. The maximum atomic E-state index is 13.4. The number of furan rings is 2. The highest BCUT2D eigenvalue weighted by Gasteiger charge is 2.44. The third-order valence-corrected chi connectivity index (χ3v) is 4.39. The lowest BCUT2D eigenvalue weighted by Crippen LogP contribution is -2.30. The minimum absolute atomic E-state index is 0.00342. The summed E-state index contributed by atoms with van der Waals surface area (Å²) in [6, 6.07) is 10.8. The van der Waals surface area contributed by atoms with Crippen molar-refractivity contribution < 1.29 is 27.9 Å². The number of benzene rings is 1. The Labute approximate surface area is 153 Å². The number of amides is 1. The van der Waals surface area contributed by atoms with E-state index in [0.29, 0.717) is 11.3 Å². The molecule has 1 N–H and O–H groups in total.